The number of nitrogens with zero attached hydrogens (tertiary/aromatic N) is 2. The summed E-state index contributed by atoms with van der Waals surface area (Å²) < 4.78 is 43.4. The smallest absolute Gasteiger partial charge is 0.322 e. The van der Waals surface area contributed by atoms with Crippen LogP contribution in [0.3, 0.4) is 0 Å². The molecule has 0 fully saturated rings. The maximum Gasteiger partial charge on any atom is 0.322 e. The molecule has 40 heavy (non-hydrogen) atoms. The molecule has 0 radical (unpaired) electrons. The Morgan fingerprint density at radius 3 is 2.38 bits per heavy atom. The number of ether oxygens (including phenoxy) is 3. The minimum Gasteiger partial charge on any atom is -0.493 e. The predicted octanol–water partition coefficient (Wildman–Crippen LogP) is 5.49. The SMILES string of the molecule is COCCCN(CC(=O)N(CCc1ccc(OC)c(OC)c1)Cc1sccc1C)C(=O)Nc1ccc(F)cc1F. The first-order valence-electron chi connectivity index (χ1n) is 12.8. The summed E-state index contributed by atoms with van der Waals surface area (Å²) in [6.07, 6.45) is 1.02. The maximum absolute atomic E-state index is 14.2. The van der Waals surface area contributed by atoms with Crippen LogP contribution < -0.4 is 14.8 Å². The lowest BCUT2D eigenvalue weighted by molar-refractivity contribution is -0.132. The van der Waals surface area contributed by atoms with Gasteiger partial charge in [-0.2, -0.15) is 0 Å². The van der Waals surface area contributed by atoms with Gasteiger partial charge in [0, 0.05) is 37.7 Å². The first-order valence-corrected chi connectivity index (χ1v) is 13.6. The summed E-state index contributed by atoms with van der Waals surface area (Å²) in [4.78, 5) is 30.8. The monoisotopic (exact) mass is 575 g/mol. The van der Waals surface area contributed by atoms with Gasteiger partial charge in [-0.1, -0.05) is 6.07 Å². The molecule has 1 heterocycles. The fourth-order valence-electron chi connectivity index (χ4n) is 4.03. The molecule has 0 aliphatic carbocycles. The van der Waals surface area contributed by atoms with Crippen molar-refractivity contribution >= 4 is 29.0 Å². The van der Waals surface area contributed by atoms with Crippen LogP contribution in [0.2, 0.25) is 0 Å². The molecule has 0 aliphatic heterocycles. The Morgan fingerprint density at radius 1 is 0.950 bits per heavy atom. The van der Waals surface area contributed by atoms with Gasteiger partial charge < -0.3 is 29.3 Å². The van der Waals surface area contributed by atoms with Gasteiger partial charge in [0.1, 0.15) is 18.2 Å². The first-order chi connectivity index (χ1) is 19.2. The van der Waals surface area contributed by atoms with E-state index in [2.05, 4.69) is 5.32 Å². The Balaban J connectivity index is 1.78. The van der Waals surface area contributed by atoms with Gasteiger partial charge in [0.2, 0.25) is 5.91 Å². The van der Waals surface area contributed by atoms with E-state index in [1.54, 1.807) is 37.6 Å². The second-order valence-corrected chi connectivity index (χ2v) is 10.1. The molecule has 11 heteroatoms. The summed E-state index contributed by atoms with van der Waals surface area (Å²) >= 11 is 1.56. The molecule has 2 aromatic carbocycles. The van der Waals surface area contributed by atoms with E-state index in [1.807, 2.05) is 36.6 Å². The highest BCUT2D eigenvalue weighted by atomic mass is 32.1. The zero-order chi connectivity index (χ0) is 29.1. The van der Waals surface area contributed by atoms with Crippen molar-refractivity contribution in [1.82, 2.24) is 9.80 Å². The zero-order valence-corrected chi connectivity index (χ0v) is 24.0. The molecule has 3 rings (SSSR count). The molecule has 1 aromatic heterocycles. The number of nitrogens with one attached hydrogen (secondary N) is 1. The van der Waals surface area contributed by atoms with Crippen LogP contribution in [0.1, 0.15) is 22.4 Å². The van der Waals surface area contributed by atoms with E-state index in [4.69, 9.17) is 14.2 Å². The third-order valence-corrected chi connectivity index (χ3v) is 7.34. The van der Waals surface area contributed by atoms with Crippen molar-refractivity contribution in [2.24, 2.45) is 0 Å². The fraction of sp³-hybridized carbons (Fsp3) is 0.379. The maximum atomic E-state index is 14.2. The number of benzene rings is 2. The highest BCUT2D eigenvalue weighted by molar-refractivity contribution is 7.10. The average Bonchev–Trinajstić information content (AvgIpc) is 3.35. The van der Waals surface area contributed by atoms with Crippen molar-refractivity contribution < 1.29 is 32.6 Å². The van der Waals surface area contributed by atoms with E-state index in [9.17, 15) is 18.4 Å². The third kappa shape index (κ3) is 8.65. The predicted molar refractivity (Wildman–Crippen MR) is 151 cm³/mol. The van der Waals surface area contributed by atoms with Gasteiger partial charge in [0.05, 0.1) is 26.5 Å². The number of halogens is 2. The number of methoxy groups -OCH3 is 3. The Morgan fingerprint density at radius 2 is 1.73 bits per heavy atom. The van der Waals surface area contributed by atoms with Crippen LogP contribution in [0.15, 0.2) is 47.8 Å². The lowest BCUT2D eigenvalue weighted by Crippen LogP contribution is -2.45. The number of carbonyl (C=O) groups excluding carboxylic acids is 2. The van der Waals surface area contributed by atoms with Crippen molar-refractivity contribution in [3.8, 4) is 11.5 Å². The second kappa shape index (κ2) is 15.2. The molecule has 3 amide bonds. The van der Waals surface area contributed by atoms with Crippen LogP contribution in [0.4, 0.5) is 19.3 Å². The normalized spacial score (nSPS) is 10.8. The number of amides is 3. The Bertz CT molecular complexity index is 1290. The zero-order valence-electron chi connectivity index (χ0n) is 23.2. The van der Waals surface area contributed by atoms with Crippen molar-refractivity contribution in [3.05, 3.63) is 75.5 Å². The highest BCUT2D eigenvalue weighted by Crippen LogP contribution is 2.28. The number of anilines is 1. The van der Waals surface area contributed by atoms with Crippen LogP contribution >= 0.6 is 11.3 Å². The molecule has 0 aliphatic rings. The molecule has 216 valence electrons. The number of hydrogen-bond donors (Lipinski definition) is 1. The van der Waals surface area contributed by atoms with Gasteiger partial charge in [-0.3, -0.25) is 4.79 Å². The summed E-state index contributed by atoms with van der Waals surface area (Å²) in [6.45, 7) is 3.12. The van der Waals surface area contributed by atoms with Crippen molar-refractivity contribution in [1.29, 1.82) is 0 Å². The summed E-state index contributed by atoms with van der Waals surface area (Å²) in [6, 6.07) is 9.84. The van der Waals surface area contributed by atoms with E-state index >= 15 is 0 Å². The van der Waals surface area contributed by atoms with Crippen LogP contribution in [0.25, 0.3) is 0 Å². The van der Waals surface area contributed by atoms with Gasteiger partial charge in [-0.05, 0) is 66.6 Å². The van der Waals surface area contributed by atoms with Gasteiger partial charge >= 0.3 is 6.03 Å². The Hall–Kier alpha value is -3.70. The van der Waals surface area contributed by atoms with Crippen LogP contribution in [0.5, 0.6) is 11.5 Å². The van der Waals surface area contributed by atoms with Gasteiger partial charge in [0.15, 0.2) is 11.5 Å². The third-order valence-electron chi connectivity index (χ3n) is 6.34. The molecule has 0 bridgehead atoms. The molecule has 0 unspecified atom stereocenters. The average molecular weight is 576 g/mol. The molecule has 0 spiro atoms. The summed E-state index contributed by atoms with van der Waals surface area (Å²) in [7, 11) is 4.68. The van der Waals surface area contributed by atoms with Gasteiger partial charge in [-0.15, -0.1) is 11.3 Å². The Kier molecular flexibility index (Phi) is 11.7. The lowest BCUT2D eigenvalue weighted by Gasteiger charge is -2.28. The van der Waals surface area contributed by atoms with Crippen LogP contribution in [-0.2, 0) is 22.5 Å². The standard InChI is InChI=1S/C29H35F2N3O5S/c1-20-11-15-40-27(20)18-33(13-10-21-6-9-25(38-3)26(16-21)39-4)28(35)19-34(12-5-14-37-2)29(36)32-24-8-7-22(30)17-23(24)31/h6-9,11,15-17H,5,10,12-14,18-19H2,1-4H3,(H,32,36). The molecule has 3 aromatic rings. The fourth-order valence-corrected chi connectivity index (χ4v) is 4.95. The summed E-state index contributed by atoms with van der Waals surface area (Å²) in [5.74, 6) is -0.706. The number of thiophene rings is 1. The van der Waals surface area contributed by atoms with E-state index < -0.39 is 17.7 Å². The van der Waals surface area contributed by atoms with E-state index in [-0.39, 0.29) is 24.7 Å². The van der Waals surface area contributed by atoms with E-state index in [0.29, 0.717) is 50.1 Å². The topological polar surface area (TPSA) is 80.3 Å². The largest absolute Gasteiger partial charge is 0.493 e. The van der Waals surface area contributed by atoms with Crippen LogP contribution in [0, 0.1) is 18.6 Å². The minimum atomic E-state index is -0.902. The number of carbonyl (C=O) groups is 2. The molecule has 0 saturated carbocycles. The van der Waals surface area contributed by atoms with Crippen molar-refractivity contribution in [2.75, 3.05) is 52.9 Å². The molecular weight excluding hydrogens is 540 g/mol. The van der Waals surface area contributed by atoms with E-state index in [1.165, 1.54) is 4.90 Å². The lowest BCUT2D eigenvalue weighted by atomic mass is 10.1. The number of aryl methyl sites for hydroxylation is 1. The molecule has 1 N–H and O–H groups in total. The number of rotatable bonds is 14. The second-order valence-electron chi connectivity index (χ2n) is 9.10. The molecule has 8 nitrogen and oxygen atoms in total. The molecule has 0 saturated heterocycles. The quantitative estimate of drug-likeness (QED) is 0.257. The molecule has 0 atom stereocenters. The Labute approximate surface area is 237 Å². The summed E-state index contributed by atoms with van der Waals surface area (Å²) in [5, 5.41) is 4.43. The summed E-state index contributed by atoms with van der Waals surface area (Å²) in [5.41, 5.74) is 1.87. The van der Waals surface area contributed by atoms with Gasteiger partial charge in [-0.25, -0.2) is 13.6 Å². The van der Waals surface area contributed by atoms with Crippen LogP contribution in [-0.4, -0.2) is 69.3 Å². The van der Waals surface area contributed by atoms with Crippen molar-refractivity contribution in [3.63, 3.8) is 0 Å². The highest BCUT2D eigenvalue weighted by Gasteiger charge is 2.23. The van der Waals surface area contributed by atoms with Gasteiger partial charge in [0.25, 0.3) is 0 Å². The van der Waals surface area contributed by atoms with Crippen molar-refractivity contribution in [2.45, 2.75) is 26.3 Å². The van der Waals surface area contributed by atoms with E-state index in [0.717, 1.165) is 28.1 Å². The minimum absolute atomic E-state index is 0.171. The number of hydrogen-bond acceptors (Lipinski definition) is 6. The number of urea groups is 1. The molecular formula is C29H35F2N3O5S. The first kappa shape index (κ1) is 30.8.